The standard InChI is InChI=1S/C18H17ClF3NO2/c1-11(2)10-25-14-5-3-4-12(8-14)17(24)23-16-7-6-13(19)9-15(16)18(20,21)22/h3-9,11H,10H2,1-2H3,(H,23,24). The number of nitrogens with one attached hydrogen (secondary N) is 1. The molecular weight excluding hydrogens is 355 g/mol. The van der Waals surface area contributed by atoms with Gasteiger partial charge in [-0.1, -0.05) is 31.5 Å². The fourth-order valence-corrected chi connectivity index (χ4v) is 2.22. The van der Waals surface area contributed by atoms with Gasteiger partial charge in [0, 0.05) is 10.6 Å². The number of rotatable bonds is 5. The minimum Gasteiger partial charge on any atom is -0.493 e. The Bertz CT molecular complexity index is 760. The molecular formula is C18H17ClF3NO2. The minimum absolute atomic E-state index is 0.0607. The summed E-state index contributed by atoms with van der Waals surface area (Å²) < 4.78 is 44.8. The summed E-state index contributed by atoms with van der Waals surface area (Å²) in [5.41, 5.74) is -1.15. The lowest BCUT2D eigenvalue weighted by atomic mass is 10.1. The van der Waals surface area contributed by atoms with Crippen LogP contribution in [0.3, 0.4) is 0 Å². The molecule has 0 spiro atoms. The summed E-state index contributed by atoms with van der Waals surface area (Å²) in [5, 5.41) is 2.22. The second kappa shape index (κ2) is 7.78. The quantitative estimate of drug-likeness (QED) is 0.738. The number of halogens is 4. The average molecular weight is 372 g/mol. The monoisotopic (exact) mass is 371 g/mol. The van der Waals surface area contributed by atoms with Gasteiger partial charge >= 0.3 is 6.18 Å². The summed E-state index contributed by atoms with van der Waals surface area (Å²) in [6.07, 6.45) is -4.63. The van der Waals surface area contributed by atoms with Gasteiger partial charge in [0.2, 0.25) is 0 Å². The lowest BCUT2D eigenvalue weighted by molar-refractivity contribution is -0.136. The normalized spacial score (nSPS) is 11.5. The molecule has 0 bridgehead atoms. The lowest BCUT2D eigenvalue weighted by Gasteiger charge is -2.14. The Morgan fingerprint density at radius 3 is 2.56 bits per heavy atom. The summed E-state index contributed by atoms with van der Waals surface area (Å²) >= 11 is 5.63. The molecule has 3 nitrogen and oxygen atoms in total. The molecule has 134 valence electrons. The van der Waals surface area contributed by atoms with Crippen LogP contribution < -0.4 is 10.1 Å². The first-order valence-electron chi connectivity index (χ1n) is 7.58. The Labute approximate surface area is 148 Å². The maximum Gasteiger partial charge on any atom is 0.418 e. The van der Waals surface area contributed by atoms with Crippen molar-refractivity contribution in [2.75, 3.05) is 11.9 Å². The Morgan fingerprint density at radius 2 is 1.92 bits per heavy atom. The zero-order valence-electron chi connectivity index (χ0n) is 13.7. The summed E-state index contributed by atoms with van der Waals surface area (Å²) in [7, 11) is 0. The fourth-order valence-electron chi connectivity index (χ4n) is 2.04. The van der Waals surface area contributed by atoms with E-state index in [0.29, 0.717) is 18.3 Å². The third-order valence-corrected chi connectivity index (χ3v) is 3.45. The number of carbonyl (C=O) groups excluding carboxylic acids is 1. The molecule has 1 amide bonds. The molecule has 0 radical (unpaired) electrons. The molecule has 0 heterocycles. The van der Waals surface area contributed by atoms with E-state index in [9.17, 15) is 18.0 Å². The van der Waals surface area contributed by atoms with Gasteiger partial charge in [-0.2, -0.15) is 13.2 Å². The van der Waals surface area contributed by atoms with Crippen molar-refractivity contribution < 1.29 is 22.7 Å². The number of amides is 1. The number of benzene rings is 2. The second-order valence-corrected chi connectivity index (χ2v) is 6.31. The van der Waals surface area contributed by atoms with Crippen LogP contribution in [0.1, 0.15) is 29.8 Å². The number of hydrogen-bond donors (Lipinski definition) is 1. The van der Waals surface area contributed by atoms with Crippen molar-refractivity contribution in [2.24, 2.45) is 5.92 Å². The molecule has 25 heavy (non-hydrogen) atoms. The van der Waals surface area contributed by atoms with E-state index in [4.69, 9.17) is 16.3 Å². The molecule has 0 saturated carbocycles. The highest BCUT2D eigenvalue weighted by molar-refractivity contribution is 6.30. The Hall–Kier alpha value is -2.21. The maximum atomic E-state index is 13.1. The van der Waals surface area contributed by atoms with Crippen LogP contribution in [0, 0.1) is 5.92 Å². The van der Waals surface area contributed by atoms with Crippen LogP contribution in [0.5, 0.6) is 5.75 Å². The molecule has 2 aromatic carbocycles. The largest absolute Gasteiger partial charge is 0.493 e. The van der Waals surface area contributed by atoms with Crippen LogP contribution in [-0.2, 0) is 6.18 Å². The van der Waals surface area contributed by atoms with Gasteiger partial charge in [0.25, 0.3) is 5.91 Å². The third kappa shape index (κ3) is 5.39. The van der Waals surface area contributed by atoms with Crippen LogP contribution >= 0.6 is 11.6 Å². The first kappa shape index (κ1) is 19.1. The molecule has 2 rings (SSSR count). The molecule has 0 aliphatic heterocycles. The van der Waals surface area contributed by atoms with E-state index < -0.39 is 17.6 Å². The highest BCUT2D eigenvalue weighted by Gasteiger charge is 2.34. The van der Waals surface area contributed by atoms with Gasteiger partial charge in [-0.05, 0) is 42.3 Å². The van der Waals surface area contributed by atoms with Gasteiger partial charge in [-0.15, -0.1) is 0 Å². The van der Waals surface area contributed by atoms with Crippen molar-refractivity contribution in [1.29, 1.82) is 0 Å². The van der Waals surface area contributed by atoms with Crippen molar-refractivity contribution in [2.45, 2.75) is 20.0 Å². The Balaban J connectivity index is 2.22. The predicted molar refractivity (Wildman–Crippen MR) is 91.2 cm³/mol. The van der Waals surface area contributed by atoms with Crippen LogP contribution in [0.15, 0.2) is 42.5 Å². The first-order chi connectivity index (χ1) is 11.7. The molecule has 2 aromatic rings. The maximum absolute atomic E-state index is 13.1. The van der Waals surface area contributed by atoms with Gasteiger partial charge < -0.3 is 10.1 Å². The van der Waals surface area contributed by atoms with Crippen molar-refractivity contribution >= 4 is 23.2 Å². The van der Waals surface area contributed by atoms with Crippen molar-refractivity contribution in [3.63, 3.8) is 0 Å². The van der Waals surface area contributed by atoms with Gasteiger partial charge in [0.15, 0.2) is 0 Å². The van der Waals surface area contributed by atoms with Crippen LogP contribution in [0.4, 0.5) is 18.9 Å². The Morgan fingerprint density at radius 1 is 1.20 bits per heavy atom. The highest BCUT2D eigenvalue weighted by atomic mass is 35.5. The number of anilines is 1. The summed E-state index contributed by atoms with van der Waals surface area (Å²) in [6.45, 7) is 4.44. The van der Waals surface area contributed by atoms with E-state index in [1.807, 2.05) is 13.8 Å². The molecule has 0 aliphatic carbocycles. The van der Waals surface area contributed by atoms with Crippen LogP contribution in [0.25, 0.3) is 0 Å². The second-order valence-electron chi connectivity index (χ2n) is 5.87. The molecule has 0 atom stereocenters. The summed E-state index contributed by atoms with van der Waals surface area (Å²) in [6, 6.07) is 9.47. The van der Waals surface area contributed by atoms with Gasteiger partial charge in [-0.3, -0.25) is 4.79 Å². The first-order valence-corrected chi connectivity index (χ1v) is 7.95. The number of hydrogen-bond acceptors (Lipinski definition) is 2. The smallest absolute Gasteiger partial charge is 0.418 e. The van der Waals surface area contributed by atoms with Gasteiger partial charge in [0.05, 0.1) is 17.9 Å². The SMILES string of the molecule is CC(C)COc1cccc(C(=O)Nc2ccc(Cl)cc2C(F)(F)F)c1. The fraction of sp³-hybridized carbons (Fsp3) is 0.278. The van der Waals surface area contributed by atoms with Crippen molar-refractivity contribution in [1.82, 2.24) is 0 Å². The molecule has 0 aromatic heterocycles. The van der Waals surface area contributed by atoms with E-state index in [-0.39, 0.29) is 16.3 Å². The number of carbonyl (C=O) groups is 1. The van der Waals surface area contributed by atoms with E-state index in [0.717, 1.165) is 12.1 Å². The van der Waals surface area contributed by atoms with E-state index in [2.05, 4.69) is 5.32 Å². The topological polar surface area (TPSA) is 38.3 Å². The van der Waals surface area contributed by atoms with E-state index >= 15 is 0 Å². The van der Waals surface area contributed by atoms with Gasteiger partial charge in [-0.25, -0.2) is 0 Å². The zero-order chi connectivity index (χ0) is 18.6. The van der Waals surface area contributed by atoms with Crippen LogP contribution in [-0.4, -0.2) is 12.5 Å². The molecule has 7 heteroatoms. The predicted octanol–water partition coefficient (Wildman–Crippen LogP) is 5.65. The summed E-state index contributed by atoms with van der Waals surface area (Å²) in [4.78, 5) is 12.3. The van der Waals surface area contributed by atoms with Gasteiger partial charge in [0.1, 0.15) is 5.75 Å². The lowest BCUT2D eigenvalue weighted by Crippen LogP contribution is -2.17. The summed E-state index contributed by atoms with van der Waals surface area (Å²) in [5.74, 6) is 0.122. The third-order valence-electron chi connectivity index (χ3n) is 3.21. The Kier molecular flexibility index (Phi) is 5.95. The minimum atomic E-state index is -4.63. The molecule has 0 saturated heterocycles. The highest BCUT2D eigenvalue weighted by Crippen LogP contribution is 2.36. The van der Waals surface area contributed by atoms with E-state index in [1.54, 1.807) is 12.1 Å². The molecule has 0 fully saturated rings. The average Bonchev–Trinajstić information content (AvgIpc) is 2.54. The van der Waals surface area contributed by atoms with E-state index in [1.165, 1.54) is 18.2 Å². The molecule has 1 N–H and O–H groups in total. The molecule has 0 unspecified atom stereocenters. The molecule has 0 aliphatic rings. The number of alkyl halides is 3. The van der Waals surface area contributed by atoms with Crippen LogP contribution in [0.2, 0.25) is 5.02 Å². The van der Waals surface area contributed by atoms with Crippen molar-refractivity contribution in [3.05, 3.63) is 58.6 Å². The van der Waals surface area contributed by atoms with Crippen molar-refractivity contribution in [3.8, 4) is 5.75 Å². The zero-order valence-corrected chi connectivity index (χ0v) is 14.4. The number of ether oxygens (including phenoxy) is 1.